The van der Waals surface area contributed by atoms with Gasteiger partial charge in [-0.2, -0.15) is 17.5 Å². The maximum atomic E-state index is 13.1. The van der Waals surface area contributed by atoms with Crippen LogP contribution in [0.3, 0.4) is 0 Å². The van der Waals surface area contributed by atoms with Crippen LogP contribution >= 0.6 is 0 Å². The van der Waals surface area contributed by atoms with Gasteiger partial charge in [-0.05, 0) is 25.3 Å². The number of fused-ring (bicyclic) bond motifs is 1. The molecule has 0 spiro atoms. The van der Waals surface area contributed by atoms with Crippen LogP contribution in [0.4, 0.5) is 19.0 Å². The average molecular weight is 467 g/mol. The number of sulfonamides is 1. The Morgan fingerprint density at radius 3 is 2.66 bits per heavy atom. The lowest BCUT2D eigenvalue weighted by Gasteiger charge is -2.37. The first kappa shape index (κ1) is 21.1. The zero-order valence-corrected chi connectivity index (χ0v) is 17.7. The van der Waals surface area contributed by atoms with Gasteiger partial charge >= 0.3 is 6.18 Å². The molecule has 0 amide bonds. The largest absolute Gasteiger partial charge is 0.434 e. The number of piperidine rings is 1. The number of hydrogen-bond donors (Lipinski definition) is 0. The Hall–Kier alpha value is -2.80. The molecule has 13 heteroatoms. The van der Waals surface area contributed by atoms with Crippen molar-refractivity contribution in [1.82, 2.24) is 28.6 Å². The van der Waals surface area contributed by atoms with Crippen molar-refractivity contribution in [2.75, 3.05) is 30.3 Å². The van der Waals surface area contributed by atoms with Gasteiger partial charge in [-0.1, -0.05) is 0 Å². The first-order valence-electron chi connectivity index (χ1n) is 10.2. The maximum absolute atomic E-state index is 13.1. The van der Waals surface area contributed by atoms with Crippen LogP contribution < -0.4 is 4.90 Å². The van der Waals surface area contributed by atoms with Crippen molar-refractivity contribution in [3.63, 3.8) is 0 Å². The van der Waals surface area contributed by atoms with Gasteiger partial charge in [-0.15, -0.1) is 0 Å². The van der Waals surface area contributed by atoms with Crippen molar-refractivity contribution in [2.24, 2.45) is 0 Å². The fourth-order valence-corrected chi connectivity index (χ4v) is 6.08. The highest BCUT2D eigenvalue weighted by molar-refractivity contribution is 7.89. The molecule has 2 aliphatic rings. The molecule has 2 fully saturated rings. The second-order valence-electron chi connectivity index (χ2n) is 7.90. The van der Waals surface area contributed by atoms with Crippen molar-refractivity contribution in [3.05, 3.63) is 36.5 Å². The first-order valence-corrected chi connectivity index (χ1v) is 11.8. The molecule has 0 aliphatic carbocycles. The van der Waals surface area contributed by atoms with Crippen LogP contribution in [-0.4, -0.2) is 68.5 Å². The lowest BCUT2D eigenvalue weighted by atomic mass is 10.1. The minimum Gasteiger partial charge on any atom is -0.355 e. The summed E-state index contributed by atoms with van der Waals surface area (Å²) in [5, 5.41) is 0. The summed E-state index contributed by atoms with van der Waals surface area (Å²) in [6, 6.07) is 1.60. The highest BCUT2D eigenvalue weighted by Crippen LogP contribution is 2.30. The molecular weight excluding hydrogens is 447 g/mol. The summed E-state index contributed by atoms with van der Waals surface area (Å²) in [5.41, 5.74) is -0.476. The molecule has 3 aromatic rings. The van der Waals surface area contributed by atoms with E-state index in [1.165, 1.54) is 10.6 Å². The zero-order valence-electron chi connectivity index (χ0n) is 16.9. The van der Waals surface area contributed by atoms with Crippen LogP contribution in [0.1, 0.15) is 25.0 Å². The number of imidazole rings is 1. The number of anilines is 1. The molecule has 1 unspecified atom stereocenters. The van der Waals surface area contributed by atoms with Crippen molar-refractivity contribution in [3.8, 4) is 11.5 Å². The molecule has 5 heterocycles. The van der Waals surface area contributed by atoms with Gasteiger partial charge in [-0.3, -0.25) is 4.40 Å². The molecule has 0 N–H and O–H groups in total. The SMILES string of the molecule is O=S1(=O)CCCN1C1CCCN(c2ccnc(-c3cnc4cnc(C(F)(F)F)cn34)n2)C1. The summed E-state index contributed by atoms with van der Waals surface area (Å²) in [4.78, 5) is 18.3. The second kappa shape index (κ2) is 7.66. The maximum Gasteiger partial charge on any atom is 0.434 e. The molecule has 0 saturated carbocycles. The minimum absolute atomic E-state index is 0.120. The van der Waals surface area contributed by atoms with Crippen molar-refractivity contribution in [1.29, 1.82) is 0 Å². The Morgan fingerprint density at radius 1 is 1.06 bits per heavy atom. The Labute approximate surface area is 182 Å². The fourth-order valence-electron chi connectivity index (χ4n) is 4.32. The van der Waals surface area contributed by atoms with E-state index in [0.717, 1.165) is 25.2 Å². The van der Waals surface area contributed by atoms with Gasteiger partial charge in [0.25, 0.3) is 0 Å². The topological polar surface area (TPSA) is 96.6 Å². The summed E-state index contributed by atoms with van der Waals surface area (Å²) in [6.07, 6.45) is 2.53. The van der Waals surface area contributed by atoms with E-state index in [2.05, 4.69) is 19.9 Å². The summed E-state index contributed by atoms with van der Waals surface area (Å²) >= 11 is 0. The third-order valence-corrected chi connectivity index (χ3v) is 7.82. The van der Waals surface area contributed by atoms with Crippen LogP contribution in [-0.2, 0) is 16.2 Å². The minimum atomic E-state index is -4.59. The number of hydrogen-bond acceptors (Lipinski definition) is 7. The van der Waals surface area contributed by atoms with E-state index in [1.54, 1.807) is 16.6 Å². The van der Waals surface area contributed by atoms with Crippen molar-refractivity contribution < 1.29 is 21.6 Å². The van der Waals surface area contributed by atoms with E-state index in [9.17, 15) is 21.6 Å². The smallest absolute Gasteiger partial charge is 0.355 e. The van der Waals surface area contributed by atoms with Crippen molar-refractivity contribution >= 4 is 21.5 Å². The molecule has 0 bridgehead atoms. The predicted molar refractivity (Wildman–Crippen MR) is 109 cm³/mol. The fraction of sp³-hybridized carbons (Fsp3) is 0.474. The summed E-state index contributed by atoms with van der Waals surface area (Å²) < 4.78 is 66.8. The molecular formula is C19H20F3N7O2S. The van der Waals surface area contributed by atoms with Crippen LogP contribution in [0, 0.1) is 0 Å². The van der Waals surface area contributed by atoms with Gasteiger partial charge in [0.1, 0.15) is 11.5 Å². The molecule has 170 valence electrons. The zero-order chi connectivity index (χ0) is 22.5. The molecule has 2 saturated heterocycles. The quantitative estimate of drug-likeness (QED) is 0.583. The van der Waals surface area contributed by atoms with E-state index in [4.69, 9.17) is 0 Å². The van der Waals surface area contributed by atoms with E-state index in [0.29, 0.717) is 37.6 Å². The van der Waals surface area contributed by atoms with E-state index >= 15 is 0 Å². The van der Waals surface area contributed by atoms with Gasteiger partial charge in [0.15, 0.2) is 17.2 Å². The van der Waals surface area contributed by atoms with Gasteiger partial charge in [0.2, 0.25) is 10.0 Å². The molecule has 9 nitrogen and oxygen atoms in total. The Balaban J connectivity index is 1.45. The molecule has 0 aromatic carbocycles. The Morgan fingerprint density at radius 2 is 1.91 bits per heavy atom. The number of halogens is 3. The van der Waals surface area contributed by atoms with Crippen LogP contribution in [0.15, 0.2) is 30.9 Å². The molecule has 1 atom stereocenters. The Bertz CT molecular complexity index is 1260. The van der Waals surface area contributed by atoms with Crippen molar-refractivity contribution in [2.45, 2.75) is 31.5 Å². The number of nitrogens with zero attached hydrogens (tertiary/aromatic N) is 7. The summed E-state index contributed by atoms with van der Waals surface area (Å²) in [7, 11) is -3.21. The Kier molecular flexibility index (Phi) is 5.04. The predicted octanol–water partition coefficient (Wildman–Crippen LogP) is 2.21. The second-order valence-corrected chi connectivity index (χ2v) is 9.94. The first-order chi connectivity index (χ1) is 15.2. The standard InChI is InChI=1S/C19H20F3N7O2S/c20-19(21,22)15-12-28-14(9-25-17(28)10-24-15)18-23-5-4-16(26-18)27-6-1-3-13(11-27)29-7-2-8-32(29,30)31/h4-5,9-10,12-13H,1-3,6-8,11H2. The van der Waals surface area contributed by atoms with Crippen LogP contribution in [0.2, 0.25) is 0 Å². The van der Waals surface area contributed by atoms with E-state index in [1.807, 2.05) is 4.90 Å². The lowest BCUT2D eigenvalue weighted by Crippen LogP contribution is -2.48. The van der Waals surface area contributed by atoms with Crippen LogP contribution in [0.5, 0.6) is 0 Å². The average Bonchev–Trinajstić information content (AvgIpc) is 3.35. The van der Waals surface area contributed by atoms with E-state index < -0.39 is 21.9 Å². The molecule has 0 radical (unpaired) electrons. The highest BCUT2D eigenvalue weighted by atomic mass is 32.2. The summed E-state index contributed by atoms with van der Waals surface area (Å²) in [6.45, 7) is 1.74. The normalized spacial score (nSPS) is 22.0. The highest BCUT2D eigenvalue weighted by Gasteiger charge is 2.37. The molecule has 5 rings (SSSR count). The van der Waals surface area contributed by atoms with Gasteiger partial charge in [0.05, 0.1) is 18.1 Å². The van der Waals surface area contributed by atoms with Crippen LogP contribution in [0.25, 0.3) is 17.2 Å². The summed E-state index contributed by atoms with van der Waals surface area (Å²) in [5.74, 6) is 1.01. The molecule has 32 heavy (non-hydrogen) atoms. The van der Waals surface area contributed by atoms with E-state index in [-0.39, 0.29) is 23.3 Å². The number of alkyl halides is 3. The van der Waals surface area contributed by atoms with Gasteiger partial charge in [-0.25, -0.2) is 28.4 Å². The number of aromatic nitrogens is 5. The third kappa shape index (κ3) is 3.79. The van der Waals surface area contributed by atoms with Gasteiger partial charge < -0.3 is 4.90 Å². The number of rotatable bonds is 3. The van der Waals surface area contributed by atoms with Gasteiger partial charge in [0, 0.05) is 38.1 Å². The monoisotopic (exact) mass is 467 g/mol. The molecule has 3 aromatic heterocycles. The third-order valence-electron chi connectivity index (χ3n) is 5.82. The molecule has 2 aliphatic heterocycles. The lowest BCUT2D eigenvalue weighted by molar-refractivity contribution is -0.141.